The van der Waals surface area contributed by atoms with Crippen LogP contribution in [0.5, 0.6) is 5.88 Å². The molecule has 0 bridgehead atoms. The van der Waals surface area contributed by atoms with Crippen molar-refractivity contribution in [1.82, 2.24) is 19.6 Å². The number of rotatable bonds is 2. The number of hydrogen-bond acceptors (Lipinski definition) is 5. The molecule has 0 amide bonds. The van der Waals surface area contributed by atoms with Gasteiger partial charge in [0.2, 0.25) is 5.88 Å². The summed E-state index contributed by atoms with van der Waals surface area (Å²) in [6, 6.07) is 0. The molecule has 6 nitrogen and oxygen atoms in total. The molecular weight excluding hydrogens is 288 g/mol. The SMILES string of the molecule is [2H]c1nc(OC)c2c(Br)nc(C3CC(=O)C3)n2n1. The first-order valence-corrected chi connectivity index (χ1v) is 5.88. The van der Waals surface area contributed by atoms with Gasteiger partial charge in [-0.3, -0.25) is 4.79 Å². The van der Waals surface area contributed by atoms with Crippen LogP contribution in [-0.4, -0.2) is 32.5 Å². The maximum absolute atomic E-state index is 11.1. The van der Waals surface area contributed by atoms with E-state index < -0.39 is 0 Å². The summed E-state index contributed by atoms with van der Waals surface area (Å²) in [5, 5.41) is 4.02. The molecule has 7 heteroatoms. The third kappa shape index (κ3) is 1.53. The maximum atomic E-state index is 11.1. The van der Waals surface area contributed by atoms with Gasteiger partial charge in [0, 0.05) is 18.8 Å². The van der Waals surface area contributed by atoms with Gasteiger partial charge in [0.15, 0.2) is 5.52 Å². The summed E-state index contributed by atoms with van der Waals surface area (Å²) in [7, 11) is 1.48. The van der Waals surface area contributed by atoms with Crippen molar-refractivity contribution in [2.75, 3.05) is 7.11 Å². The standard InChI is InChI=1S/C10H9BrN4O2/c1-17-10-7-8(11)14-9(5-2-6(16)3-5)15(7)13-4-12-10/h4-5H,2-3H2,1H3/i4D. The molecule has 0 radical (unpaired) electrons. The number of ether oxygens (including phenoxy) is 1. The molecule has 0 spiro atoms. The van der Waals surface area contributed by atoms with Crippen LogP contribution >= 0.6 is 15.9 Å². The smallest absolute Gasteiger partial charge is 0.244 e. The molecule has 0 saturated heterocycles. The average Bonchev–Trinajstić information content (AvgIpc) is 2.61. The minimum atomic E-state index is -0.142. The molecular formula is C10H9BrN4O2. The Balaban J connectivity index is 2.22. The van der Waals surface area contributed by atoms with Crippen molar-refractivity contribution < 1.29 is 10.9 Å². The lowest BCUT2D eigenvalue weighted by atomic mass is 9.83. The third-order valence-electron chi connectivity index (χ3n) is 2.84. The van der Waals surface area contributed by atoms with E-state index in [0.717, 1.165) is 0 Å². The Bertz CT molecular complexity index is 649. The average molecular weight is 298 g/mol. The molecule has 2 aromatic rings. The Hall–Kier alpha value is -1.50. The van der Waals surface area contributed by atoms with Crippen LogP contribution in [-0.2, 0) is 4.79 Å². The highest BCUT2D eigenvalue weighted by Gasteiger charge is 2.33. The fourth-order valence-corrected chi connectivity index (χ4v) is 2.45. The van der Waals surface area contributed by atoms with Crippen LogP contribution < -0.4 is 4.74 Å². The van der Waals surface area contributed by atoms with Gasteiger partial charge in [-0.05, 0) is 15.9 Å². The second-order valence-electron chi connectivity index (χ2n) is 3.89. The van der Waals surface area contributed by atoms with E-state index in [9.17, 15) is 4.79 Å². The highest BCUT2D eigenvalue weighted by Crippen LogP contribution is 2.36. The van der Waals surface area contributed by atoms with Gasteiger partial charge in [-0.15, -0.1) is 0 Å². The Kier molecular flexibility index (Phi) is 2.11. The predicted molar refractivity (Wildman–Crippen MR) is 62.0 cm³/mol. The van der Waals surface area contributed by atoms with E-state index in [1.54, 1.807) is 0 Å². The molecule has 0 unspecified atom stereocenters. The molecule has 1 saturated carbocycles. The molecule has 0 N–H and O–H groups in total. The summed E-state index contributed by atoms with van der Waals surface area (Å²) >= 11 is 3.33. The first-order chi connectivity index (χ1) is 8.60. The number of hydrogen-bond donors (Lipinski definition) is 0. The summed E-state index contributed by atoms with van der Waals surface area (Å²) in [6.45, 7) is 0. The van der Waals surface area contributed by atoms with E-state index in [4.69, 9.17) is 6.11 Å². The van der Waals surface area contributed by atoms with E-state index in [0.29, 0.717) is 34.7 Å². The minimum Gasteiger partial charge on any atom is -0.479 e. The highest BCUT2D eigenvalue weighted by atomic mass is 79.9. The van der Waals surface area contributed by atoms with Crippen molar-refractivity contribution in [2.45, 2.75) is 18.8 Å². The van der Waals surface area contributed by atoms with Gasteiger partial charge in [0.25, 0.3) is 0 Å². The number of halogens is 1. The minimum absolute atomic E-state index is 0.0651. The van der Waals surface area contributed by atoms with E-state index in [-0.39, 0.29) is 18.0 Å². The molecule has 0 aromatic carbocycles. The van der Waals surface area contributed by atoms with Gasteiger partial charge in [0.1, 0.15) is 23.9 Å². The first-order valence-electron chi connectivity index (χ1n) is 5.58. The first kappa shape index (κ1) is 9.52. The molecule has 2 aromatic heterocycles. The number of imidazole rings is 1. The number of ketones is 1. The Morgan fingerprint density at radius 3 is 3.06 bits per heavy atom. The van der Waals surface area contributed by atoms with Gasteiger partial charge in [0.05, 0.1) is 7.11 Å². The van der Waals surface area contributed by atoms with Crippen molar-refractivity contribution in [1.29, 1.82) is 0 Å². The van der Waals surface area contributed by atoms with Gasteiger partial charge < -0.3 is 4.74 Å². The second-order valence-corrected chi connectivity index (χ2v) is 4.64. The van der Waals surface area contributed by atoms with Crippen LogP contribution in [0.1, 0.15) is 26.0 Å². The molecule has 1 aliphatic carbocycles. The zero-order valence-electron chi connectivity index (χ0n) is 9.97. The van der Waals surface area contributed by atoms with Crippen molar-refractivity contribution in [3.05, 3.63) is 16.7 Å². The molecule has 0 atom stereocenters. The molecule has 17 heavy (non-hydrogen) atoms. The van der Waals surface area contributed by atoms with E-state index in [2.05, 4.69) is 31.0 Å². The third-order valence-corrected chi connectivity index (χ3v) is 3.40. The van der Waals surface area contributed by atoms with Gasteiger partial charge in [-0.2, -0.15) is 10.1 Å². The van der Waals surface area contributed by atoms with Crippen LogP contribution in [0.15, 0.2) is 10.9 Å². The second kappa shape index (κ2) is 3.76. The van der Waals surface area contributed by atoms with E-state index in [1.165, 1.54) is 11.6 Å². The molecule has 88 valence electrons. The van der Waals surface area contributed by atoms with Crippen LogP contribution in [0.4, 0.5) is 0 Å². The van der Waals surface area contributed by atoms with Gasteiger partial charge in [-0.25, -0.2) is 9.50 Å². The number of fused-ring (bicyclic) bond motifs is 1. The number of carbonyl (C=O) groups excluding carboxylic acids is 1. The summed E-state index contributed by atoms with van der Waals surface area (Å²) in [4.78, 5) is 19.3. The van der Waals surface area contributed by atoms with Crippen molar-refractivity contribution in [2.24, 2.45) is 0 Å². The number of nitrogens with zero attached hydrogens (tertiary/aromatic N) is 4. The van der Waals surface area contributed by atoms with Crippen LogP contribution in [0.2, 0.25) is 0 Å². The lowest BCUT2D eigenvalue weighted by Crippen LogP contribution is -2.23. The maximum Gasteiger partial charge on any atom is 0.244 e. The Morgan fingerprint density at radius 2 is 2.41 bits per heavy atom. The largest absolute Gasteiger partial charge is 0.479 e. The molecule has 0 aliphatic heterocycles. The van der Waals surface area contributed by atoms with Crippen molar-refractivity contribution >= 4 is 27.2 Å². The molecule has 1 aliphatic rings. The molecule has 1 fully saturated rings. The lowest BCUT2D eigenvalue weighted by Gasteiger charge is -2.21. The predicted octanol–water partition coefficient (Wildman–Crippen LogP) is 1.34. The number of methoxy groups -OCH3 is 1. The summed E-state index contributed by atoms with van der Waals surface area (Å²) < 4.78 is 14.8. The lowest BCUT2D eigenvalue weighted by molar-refractivity contribution is -0.124. The number of aromatic nitrogens is 4. The quantitative estimate of drug-likeness (QED) is 0.837. The van der Waals surface area contributed by atoms with Gasteiger partial charge in [-0.1, -0.05) is 0 Å². The summed E-state index contributed by atoms with van der Waals surface area (Å²) in [5.74, 6) is 1.26. The number of carbonyl (C=O) groups is 1. The molecule has 2 heterocycles. The summed E-state index contributed by atoms with van der Waals surface area (Å²) in [5.41, 5.74) is 0.586. The van der Waals surface area contributed by atoms with Crippen molar-refractivity contribution in [3.63, 3.8) is 0 Å². The van der Waals surface area contributed by atoms with Crippen molar-refractivity contribution in [3.8, 4) is 5.88 Å². The normalized spacial score (nSPS) is 17.1. The van der Waals surface area contributed by atoms with Crippen LogP contribution in [0, 0.1) is 0 Å². The topological polar surface area (TPSA) is 69.4 Å². The Labute approximate surface area is 107 Å². The van der Waals surface area contributed by atoms with Gasteiger partial charge >= 0.3 is 0 Å². The monoisotopic (exact) mass is 297 g/mol. The zero-order valence-corrected chi connectivity index (χ0v) is 10.6. The zero-order chi connectivity index (χ0) is 12.9. The fourth-order valence-electron chi connectivity index (χ4n) is 1.93. The fraction of sp³-hybridized carbons (Fsp3) is 0.400. The van der Waals surface area contributed by atoms with E-state index in [1.807, 2.05) is 0 Å². The van der Waals surface area contributed by atoms with Crippen LogP contribution in [0.25, 0.3) is 5.52 Å². The molecule has 3 rings (SSSR count). The Morgan fingerprint density at radius 1 is 1.65 bits per heavy atom. The highest BCUT2D eigenvalue weighted by molar-refractivity contribution is 9.10. The van der Waals surface area contributed by atoms with E-state index >= 15 is 0 Å². The number of Topliss-reactive ketones (excluding diaryl/α,β-unsaturated/α-hetero) is 1. The summed E-state index contributed by atoms with van der Waals surface area (Å²) in [6.07, 6.45) is 0.812. The van der Waals surface area contributed by atoms with Crippen LogP contribution in [0.3, 0.4) is 0 Å².